The molecule has 110 valence electrons. The van der Waals surface area contributed by atoms with Gasteiger partial charge in [-0.2, -0.15) is 26.3 Å². The van der Waals surface area contributed by atoms with Crippen molar-refractivity contribution in [3.05, 3.63) is 0 Å². The highest BCUT2D eigenvalue weighted by molar-refractivity contribution is 4.95. The third-order valence-corrected chi connectivity index (χ3v) is 3.07. The van der Waals surface area contributed by atoms with Crippen LogP contribution < -0.4 is 0 Å². The molecule has 0 heterocycles. The number of unbranched alkanes of at least 4 members (excludes halogenated alkanes) is 1. The van der Waals surface area contributed by atoms with Gasteiger partial charge in [0.1, 0.15) is 0 Å². The van der Waals surface area contributed by atoms with Crippen LogP contribution in [0.4, 0.5) is 26.3 Å². The third-order valence-electron chi connectivity index (χ3n) is 3.07. The average molecular weight is 280 g/mol. The highest BCUT2D eigenvalue weighted by Crippen LogP contribution is 2.47. The molecule has 1 nitrogen and oxygen atoms in total. The minimum Gasteiger partial charge on any atom is -0.374 e. The van der Waals surface area contributed by atoms with Gasteiger partial charge in [-0.3, -0.25) is 0 Å². The zero-order valence-electron chi connectivity index (χ0n) is 10.3. The number of halogens is 6. The van der Waals surface area contributed by atoms with Gasteiger partial charge in [0.2, 0.25) is 0 Å². The first kappa shape index (κ1) is 17.5. The Bertz CT molecular complexity index is 231. The molecule has 0 aliphatic carbocycles. The topological polar surface area (TPSA) is 20.2 Å². The maximum absolute atomic E-state index is 12.4. The second-order valence-corrected chi connectivity index (χ2v) is 4.48. The minimum absolute atomic E-state index is 0.175. The van der Waals surface area contributed by atoms with E-state index in [4.69, 9.17) is 5.11 Å². The van der Waals surface area contributed by atoms with Gasteiger partial charge in [0.25, 0.3) is 5.60 Å². The van der Waals surface area contributed by atoms with Gasteiger partial charge in [-0.1, -0.05) is 39.5 Å². The minimum atomic E-state index is -5.70. The molecule has 0 bridgehead atoms. The van der Waals surface area contributed by atoms with Crippen LogP contribution in [-0.4, -0.2) is 23.1 Å². The Hall–Kier alpha value is -0.460. The van der Waals surface area contributed by atoms with Crippen LogP contribution in [0.15, 0.2) is 0 Å². The lowest BCUT2D eigenvalue weighted by molar-refractivity contribution is -0.372. The summed E-state index contributed by atoms with van der Waals surface area (Å²) in [6.45, 7) is 3.32. The van der Waals surface area contributed by atoms with E-state index < -0.39 is 30.3 Å². The van der Waals surface area contributed by atoms with Crippen LogP contribution >= 0.6 is 0 Å². The zero-order valence-corrected chi connectivity index (χ0v) is 10.3. The second-order valence-electron chi connectivity index (χ2n) is 4.48. The molecule has 0 spiro atoms. The van der Waals surface area contributed by atoms with E-state index in [1.54, 1.807) is 6.92 Å². The fraction of sp³-hybridized carbons (Fsp3) is 1.00. The molecule has 0 aliphatic rings. The first-order valence-electron chi connectivity index (χ1n) is 5.85. The summed E-state index contributed by atoms with van der Waals surface area (Å²) in [6, 6.07) is 0. The van der Waals surface area contributed by atoms with E-state index in [0.717, 1.165) is 0 Å². The Morgan fingerprint density at radius 1 is 0.944 bits per heavy atom. The van der Waals surface area contributed by atoms with E-state index in [0.29, 0.717) is 12.8 Å². The van der Waals surface area contributed by atoms with Crippen LogP contribution in [-0.2, 0) is 0 Å². The van der Waals surface area contributed by atoms with Gasteiger partial charge in [-0.05, 0) is 12.3 Å². The normalized spacial score (nSPS) is 15.8. The predicted molar refractivity (Wildman–Crippen MR) is 55.0 cm³/mol. The van der Waals surface area contributed by atoms with Crippen molar-refractivity contribution in [2.45, 2.75) is 63.9 Å². The molecule has 0 amide bonds. The van der Waals surface area contributed by atoms with Gasteiger partial charge < -0.3 is 5.11 Å². The highest BCUT2D eigenvalue weighted by Gasteiger charge is 2.70. The van der Waals surface area contributed by atoms with Crippen LogP contribution in [0.5, 0.6) is 0 Å². The largest absolute Gasteiger partial charge is 0.426 e. The monoisotopic (exact) mass is 280 g/mol. The van der Waals surface area contributed by atoms with Crippen molar-refractivity contribution in [2.24, 2.45) is 5.92 Å². The number of rotatable bonds is 6. The standard InChI is InChI=1S/C11H18F6O/c1-3-5-6-8(4-2)7-9(18,10(12,13)14)11(15,16)17/h8,18H,3-7H2,1-2H3. The van der Waals surface area contributed by atoms with Crippen molar-refractivity contribution in [2.75, 3.05) is 0 Å². The van der Waals surface area contributed by atoms with Crippen LogP contribution in [0, 0.1) is 5.92 Å². The highest BCUT2D eigenvalue weighted by atomic mass is 19.4. The lowest BCUT2D eigenvalue weighted by atomic mass is 9.85. The summed E-state index contributed by atoms with van der Waals surface area (Å²) in [7, 11) is 0. The van der Waals surface area contributed by atoms with E-state index in [9.17, 15) is 26.3 Å². The van der Waals surface area contributed by atoms with Crippen molar-refractivity contribution < 1.29 is 31.4 Å². The van der Waals surface area contributed by atoms with Gasteiger partial charge in [-0.15, -0.1) is 0 Å². The molecule has 0 aromatic carbocycles. The molecule has 0 rings (SSSR count). The Kier molecular flexibility index (Phi) is 5.97. The van der Waals surface area contributed by atoms with Crippen molar-refractivity contribution >= 4 is 0 Å². The molecule has 7 heteroatoms. The summed E-state index contributed by atoms with van der Waals surface area (Å²) in [5.74, 6) is -0.793. The van der Waals surface area contributed by atoms with Gasteiger partial charge >= 0.3 is 12.4 Å². The number of hydrogen-bond acceptors (Lipinski definition) is 1. The molecular formula is C11H18F6O. The molecule has 0 radical (unpaired) electrons. The molecule has 0 saturated heterocycles. The molecule has 0 saturated carbocycles. The Labute approximate surface area is 102 Å². The average Bonchev–Trinajstić information content (AvgIpc) is 2.20. The van der Waals surface area contributed by atoms with Crippen LogP contribution in [0.2, 0.25) is 0 Å². The summed E-state index contributed by atoms with van der Waals surface area (Å²) in [6.07, 6.45) is -11.1. The van der Waals surface area contributed by atoms with E-state index in [2.05, 4.69) is 0 Å². The molecule has 1 atom stereocenters. The summed E-state index contributed by atoms with van der Waals surface area (Å²) >= 11 is 0. The molecule has 1 unspecified atom stereocenters. The molecule has 0 fully saturated rings. The van der Waals surface area contributed by atoms with Crippen molar-refractivity contribution in [1.29, 1.82) is 0 Å². The summed E-state index contributed by atoms with van der Waals surface area (Å²) in [5.41, 5.74) is -4.60. The van der Waals surface area contributed by atoms with Gasteiger partial charge in [-0.25, -0.2) is 0 Å². The summed E-state index contributed by atoms with van der Waals surface area (Å²) < 4.78 is 74.7. The summed E-state index contributed by atoms with van der Waals surface area (Å²) in [5, 5.41) is 9.04. The first-order chi connectivity index (χ1) is 7.99. The van der Waals surface area contributed by atoms with E-state index in [-0.39, 0.29) is 12.8 Å². The first-order valence-corrected chi connectivity index (χ1v) is 5.85. The fourth-order valence-corrected chi connectivity index (χ4v) is 1.75. The molecular weight excluding hydrogens is 262 g/mol. The quantitative estimate of drug-likeness (QED) is 0.713. The van der Waals surface area contributed by atoms with Crippen LogP contribution in [0.3, 0.4) is 0 Å². The van der Waals surface area contributed by atoms with Gasteiger partial charge in [0.05, 0.1) is 0 Å². The van der Waals surface area contributed by atoms with Gasteiger partial charge in [0, 0.05) is 0 Å². The molecule has 1 N–H and O–H groups in total. The number of alkyl halides is 6. The van der Waals surface area contributed by atoms with E-state index in [1.807, 2.05) is 0 Å². The third kappa shape index (κ3) is 4.03. The van der Waals surface area contributed by atoms with Crippen LogP contribution in [0.25, 0.3) is 0 Å². The van der Waals surface area contributed by atoms with Crippen molar-refractivity contribution in [3.63, 3.8) is 0 Å². The smallest absolute Gasteiger partial charge is 0.374 e. The molecule has 0 aliphatic heterocycles. The Morgan fingerprint density at radius 3 is 1.67 bits per heavy atom. The Balaban J connectivity index is 5.01. The van der Waals surface area contributed by atoms with E-state index >= 15 is 0 Å². The second kappa shape index (κ2) is 6.12. The SMILES string of the molecule is CCCCC(CC)CC(O)(C(F)(F)F)C(F)(F)F. The van der Waals surface area contributed by atoms with Crippen LogP contribution in [0.1, 0.15) is 46.0 Å². The zero-order chi connectivity index (χ0) is 14.6. The lowest BCUT2D eigenvalue weighted by Crippen LogP contribution is -2.57. The van der Waals surface area contributed by atoms with Crippen molar-refractivity contribution in [3.8, 4) is 0 Å². The van der Waals surface area contributed by atoms with Gasteiger partial charge in [0.15, 0.2) is 0 Å². The summed E-state index contributed by atoms with van der Waals surface area (Å²) in [4.78, 5) is 0. The maximum atomic E-state index is 12.4. The number of hydrogen-bond donors (Lipinski definition) is 1. The number of aliphatic hydroxyl groups is 1. The predicted octanol–water partition coefficient (Wildman–Crippen LogP) is 4.45. The molecule has 0 aromatic rings. The lowest BCUT2D eigenvalue weighted by Gasteiger charge is -2.35. The molecule has 18 heavy (non-hydrogen) atoms. The van der Waals surface area contributed by atoms with E-state index in [1.165, 1.54) is 6.92 Å². The Morgan fingerprint density at radius 2 is 1.39 bits per heavy atom. The van der Waals surface area contributed by atoms with Crippen molar-refractivity contribution in [1.82, 2.24) is 0 Å². The maximum Gasteiger partial charge on any atom is 0.426 e. The molecule has 0 aromatic heterocycles. The fourth-order valence-electron chi connectivity index (χ4n) is 1.75.